The third kappa shape index (κ3) is 5.42. The summed E-state index contributed by atoms with van der Waals surface area (Å²) < 4.78 is 5.15. The van der Waals surface area contributed by atoms with Gasteiger partial charge < -0.3 is 10.1 Å². The van der Waals surface area contributed by atoms with Gasteiger partial charge in [-0.25, -0.2) is 4.79 Å². The molecule has 1 unspecified atom stereocenters. The van der Waals surface area contributed by atoms with E-state index in [9.17, 15) is 9.59 Å². The van der Waals surface area contributed by atoms with Crippen LogP contribution in [0.15, 0.2) is 11.4 Å². The second-order valence-corrected chi connectivity index (χ2v) is 6.52. The maximum Gasteiger partial charge on any atom is 0.407 e. The quantitative estimate of drug-likeness (QED) is 0.860. The number of thiophene rings is 1. The molecule has 1 atom stereocenters. The highest BCUT2D eigenvalue weighted by Crippen LogP contribution is 2.18. The largest absolute Gasteiger partial charge is 0.444 e. The lowest BCUT2D eigenvalue weighted by Gasteiger charge is -2.21. The van der Waals surface area contributed by atoms with Crippen LogP contribution in [-0.2, 0) is 4.74 Å². The summed E-state index contributed by atoms with van der Waals surface area (Å²) in [5, 5.41) is 4.57. The standard InChI is InChI=1S/C14H21NO3S/c1-9-6-7-19-12(9)11(16)8-10(2)15-13(17)18-14(3,4)5/h6-7,10H,8H2,1-5H3,(H,15,17). The fourth-order valence-corrected chi connectivity index (χ4v) is 2.47. The van der Waals surface area contributed by atoms with E-state index in [4.69, 9.17) is 4.74 Å². The van der Waals surface area contributed by atoms with Crippen molar-refractivity contribution in [1.82, 2.24) is 5.32 Å². The molecule has 0 aliphatic rings. The molecule has 106 valence electrons. The highest BCUT2D eigenvalue weighted by molar-refractivity contribution is 7.12. The summed E-state index contributed by atoms with van der Waals surface area (Å²) in [5.41, 5.74) is 0.456. The average Bonchev–Trinajstić information content (AvgIpc) is 2.60. The Bertz CT molecular complexity index is 460. The molecule has 0 saturated carbocycles. The van der Waals surface area contributed by atoms with Crippen LogP contribution in [0.1, 0.15) is 49.4 Å². The molecule has 4 nitrogen and oxygen atoms in total. The number of Topliss-reactive ketones (excluding diaryl/α,β-unsaturated/α-hetero) is 1. The Kier molecular flexibility index (Phi) is 5.11. The highest BCUT2D eigenvalue weighted by atomic mass is 32.1. The van der Waals surface area contributed by atoms with Gasteiger partial charge in [0.2, 0.25) is 0 Å². The predicted octanol–water partition coefficient (Wildman–Crippen LogP) is 3.54. The molecule has 0 spiro atoms. The van der Waals surface area contributed by atoms with E-state index < -0.39 is 11.7 Å². The van der Waals surface area contributed by atoms with E-state index in [2.05, 4.69) is 5.32 Å². The summed E-state index contributed by atoms with van der Waals surface area (Å²) in [6.45, 7) is 9.12. The Hall–Kier alpha value is -1.36. The van der Waals surface area contributed by atoms with Gasteiger partial charge in [-0.2, -0.15) is 0 Å². The number of carbonyl (C=O) groups excluding carboxylic acids is 2. The lowest BCUT2D eigenvalue weighted by atomic mass is 10.1. The fourth-order valence-electron chi connectivity index (χ4n) is 1.59. The third-order valence-electron chi connectivity index (χ3n) is 2.37. The van der Waals surface area contributed by atoms with Crippen LogP contribution in [-0.4, -0.2) is 23.5 Å². The van der Waals surface area contributed by atoms with Crippen LogP contribution >= 0.6 is 11.3 Å². The van der Waals surface area contributed by atoms with Crippen molar-refractivity contribution in [1.29, 1.82) is 0 Å². The summed E-state index contributed by atoms with van der Waals surface area (Å²) in [7, 11) is 0. The van der Waals surface area contributed by atoms with Crippen LogP contribution in [0.2, 0.25) is 0 Å². The average molecular weight is 283 g/mol. The molecule has 1 aromatic heterocycles. The van der Waals surface area contributed by atoms with Gasteiger partial charge in [0.25, 0.3) is 0 Å². The molecule has 0 saturated heterocycles. The van der Waals surface area contributed by atoms with E-state index >= 15 is 0 Å². The van der Waals surface area contributed by atoms with Crippen LogP contribution in [0, 0.1) is 6.92 Å². The zero-order chi connectivity index (χ0) is 14.6. The van der Waals surface area contributed by atoms with Gasteiger partial charge in [-0.05, 0) is 51.6 Å². The Morgan fingerprint density at radius 3 is 2.53 bits per heavy atom. The van der Waals surface area contributed by atoms with Crippen LogP contribution in [0.4, 0.5) is 4.79 Å². The van der Waals surface area contributed by atoms with E-state index in [1.54, 1.807) is 27.7 Å². The first kappa shape index (κ1) is 15.7. The number of rotatable bonds is 4. The molecule has 0 fully saturated rings. The first-order valence-corrected chi connectivity index (χ1v) is 7.14. The van der Waals surface area contributed by atoms with E-state index in [1.807, 2.05) is 18.4 Å². The zero-order valence-electron chi connectivity index (χ0n) is 12.1. The molecule has 0 bridgehead atoms. The number of ketones is 1. The third-order valence-corrected chi connectivity index (χ3v) is 3.43. The molecular formula is C14H21NO3S. The van der Waals surface area contributed by atoms with Gasteiger partial charge in [-0.1, -0.05) is 0 Å². The fraction of sp³-hybridized carbons (Fsp3) is 0.571. The van der Waals surface area contributed by atoms with Crippen LogP contribution < -0.4 is 5.32 Å². The SMILES string of the molecule is Cc1ccsc1C(=O)CC(C)NC(=O)OC(C)(C)C. The number of amides is 1. The van der Waals surface area contributed by atoms with Crippen molar-refractivity contribution in [2.75, 3.05) is 0 Å². The Morgan fingerprint density at radius 2 is 2.05 bits per heavy atom. The van der Waals surface area contributed by atoms with E-state index in [0.717, 1.165) is 10.4 Å². The summed E-state index contributed by atoms with van der Waals surface area (Å²) in [4.78, 5) is 24.3. The first-order valence-electron chi connectivity index (χ1n) is 6.26. The molecule has 0 radical (unpaired) electrons. The molecule has 5 heteroatoms. The first-order chi connectivity index (χ1) is 8.69. The lowest BCUT2D eigenvalue weighted by Crippen LogP contribution is -2.38. The Labute approximate surface area is 118 Å². The number of nitrogens with one attached hydrogen (secondary N) is 1. The summed E-state index contributed by atoms with van der Waals surface area (Å²) >= 11 is 1.44. The number of ether oxygens (including phenoxy) is 1. The molecule has 1 N–H and O–H groups in total. The monoisotopic (exact) mass is 283 g/mol. The lowest BCUT2D eigenvalue weighted by molar-refractivity contribution is 0.0506. The molecule has 0 aromatic carbocycles. The smallest absolute Gasteiger partial charge is 0.407 e. The van der Waals surface area contributed by atoms with Gasteiger partial charge in [0, 0.05) is 12.5 Å². The zero-order valence-corrected chi connectivity index (χ0v) is 12.9. The Balaban J connectivity index is 2.48. The van der Waals surface area contributed by atoms with E-state index in [1.165, 1.54) is 11.3 Å². The molecule has 0 aliphatic heterocycles. The minimum Gasteiger partial charge on any atom is -0.444 e. The topological polar surface area (TPSA) is 55.4 Å². The van der Waals surface area contributed by atoms with Gasteiger partial charge >= 0.3 is 6.09 Å². The highest BCUT2D eigenvalue weighted by Gasteiger charge is 2.20. The van der Waals surface area contributed by atoms with Crippen molar-refractivity contribution in [3.63, 3.8) is 0 Å². The Morgan fingerprint density at radius 1 is 1.42 bits per heavy atom. The number of hydrogen-bond acceptors (Lipinski definition) is 4. The van der Waals surface area contributed by atoms with Crippen molar-refractivity contribution in [2.24, 2.45) is 0 Å². The second-order valence-electron chi connectivity index (χ2n) is 5.61. The van der Waals surface area contributed by atoms with E-state index in [-0.39, 0.29) is 18.2 Å². The number of alkyl carbamates (subject to hydrolysis) is 1. The van der Waals surface area contributed by atoms with Crippen molar-refractivity contribution >= 4 is 23.2 Å². The van der Waals surface area contributed by atoms with Crippen LogP contribution in [0.5, 0.6) is 0 Å². The minimum atomic E-state index is -0.530. The minimum absolute atomic E-state index is 0.0519. The molecule has 19 heavy (non-hydrogen) atoms. The molecular weight excluding hydrogens is 262 g/mol. The van der Waals surface area contributed by atoms with Crippen molar-refractivity contribution < 1.29 is 14.3 Å². The summed E-state index contributed by atoms with van der Waals surface area (Å²) in [5.74, 6) is 0.0519. The van der Waals surface area contributed by atoms with Crippen LogP contribution in [0.25, 0.3) is 0 Å². The van der Waals surface area contributed by atoms with Gasteiger partial charge in [-0.15, -0.1) is 11.3 Å². The number of hydrogen-bond donors (Lipinski definition) is 1. The maximum absolute atomic E-state index is 12.0. The molecule has 0 aliphatic carbocycles. The van der Waals surface area contributed by atoms with Crippen molar-refractivity contribution in [3.05, 3.63) is 21.9 Å². The van der Waals surface area contributed by atoms with Crippen molar-refractivity contribution in [2.45, 2.75) is 52.7 Å². The van der Waals surface area contributed by atoms with Gasteiger partial charge in [-0.3, -0.25) is 4.79 Å². The number of carbonyl (C=O) groups is 2. The maximum atomic E-state index is 12.0. The van der Waals surface area contributed by atoms with Gasteiger partial charge in [0.05, 0.1) is 4.88 Å². The molecule has 1 heterocycles. The van der Waals surface area contributed by atoms with E-state index in [0.29, 0.717) is 0 Å². The van der Waals surface area contributed by atoms with Gasteiger partial charge in [0.1, 0.15) is 5.60 Å². The van der Waals surface area contributed by atoms with Crippen molar-refractivity contribution in [3.8, 4) is 0 Å². The molecule has 1 rings (SSSR count). The predicted molar refractivity (Wildman–Crippen MR) is 76.8 cm³/mol. The number of aryl methyl sites for hydroxylation is 1. The molecule has 1 amide bonds. The molecule has 1 aromatic rings. The normalized spacial score (nSPS) is 12.9. The summed E-state index contributed by atoms with van der Waals surface area (Å²) in [6, 6.07) is 1.67. The van der Waals surface area contributed by atoms with Gasteiger partial charge in [0.15, 0.2) is 5.78 Å². The van der Waals surface area contributed by atoms with Crippen LogP contribution in [0.3, 0.4) is 0 Å². The second kappa shape index (κ2) is 6.19. The summed E-state index contributed by atoms with van der Waals surface area (Å²) in [6.07, 6.45) is -0.212.